The highest BCUT2D eigenvalue weighted by Gasteiger charge is 2.48. The van der Waals surface area contributed by atoms with Crippen LogP contribution in [0, 0.1) is 5.21 Å². The average molecular weight is 368 g/mol. The zero-order valence-electron chi connectivity index (χ0n) is 13.9. The van der Waals surface area contributed by atoms with Crippen molar-refractivity contribution in [3.63, 3.8) is 0 Å². The molecule has 2 rings (SSSR count). The van der Waals surface area contributed by atoms with Crippen molar-refractivity contribution in [3.05, 3.63) is 52.2 Å². The van der Waals surface area contributed by atoms with Gasteiger partial charge in [-0.3, -0.25) is 5.21 Å². The van der Waals surface area contributed by atoms with E-state index in [1.165, 1.54) is 0 Å². The highest BCUT2D eigenvalue weighted by Crippen LogP contribution is 2.34. The minimum absolute atomic E-state index is 0.0676. The van der Waals surface area contributed by atoms with Crippen molar-refractivity contribution in [1.82, 2.24) is 0 Å². The summed E-state index contributed by atoms with van der Waals surface area (Å²) in [6.07, 6.45) is -1.09. The predicted octanol–water partition coefficient (Wildman–Crippen LogP) is 2.37. The summed E-state index contributed by atoms with van der Waals surface area (Å²) in [4.78, 5) is 29.5. The maximum absolute atomic E-state index is 12.2. The molecule has 0 radical (unpaired) electrons. The van der Waals surface area contributed by atoms with Crippen molar-refractivity contribution in [2.75, 3.05) is 13.2 Å². The molecule has 8 heteroatoms. The number of halogens is 1. The SMILES string of the molecule is C=C(C(=O)OCC)[C@H]1O[N+]([O-])=C(C(=O)OCC)[C@@H]1c1ccc(Cl)cc1. The lowest BCUT2D eigenvalue weighted by molar-refractivity contribution is -0.737. The third-order valence-corrected chi connectivity index (χ3v) is 3.85. The van der Waals surface area contributed by atoms with Crippen molar-refractivity contribution in [3.8, 4) is 0 Å². The van der Waals surface area contributed by atoms with Crippen LogP contribution in [0.3, 0.4) is 0 Å². The number of benzene rings is 1. The van der Waals surface area contributed by atoms with E-state index in [2.05, 4.69) is 6.58 Å². The molecule has 0 amide bonds. The molecule has 0 bridgehead atoms. The fourth-order valence-electron chi connectivity index (χ4n) is 2.49. The van der Waals surface area contributed by atoms with Gasteiger partial charge in [-0.25, -0.2) is 9.59 Å². The second-order valence-electron chi connectivity index (χ2n) is 5.16. The van der Waals surface area contributed by atoms with Crippen LogP contribution < -0.4 is 0 Å². The Bertz CT molecular complexity index is 712. The van der Waals surface area contributed by atoms with E-state index in [0.717, 1.165) is 0 Å². The molecular weight excluding hydrogens is 350 g/mol. The lowest BCUT2D eigenvalue weighted by Gasteiger charge is -2.20. The molecular formula is C17H18ClNO6. The molecule has 7 nitrogen and oxygen atoms in total. The van der Waals surface area contributed by atoms with E-state index in [-0.39, 0.29) is 29.4 Å². The summed E-state index contributed by atoms with van der Waals surface area (Å²) in [6.45, 7) is 7.17. The van der Waals surface area contributed by atoms with Crippen LogP contribution in [-0.2, 0) is 23.9 Å². The Kier molecular flexibility index (Phi) is 6.03. The summed E-state index contributed by atoms with van der Waals surface area (Å²) in [6, 6.07) is 6.50. The quantitative estimate of drug-likeness (QED) is 0.436. The van der Waals surface area contributed by atoms with E-state index in [1.54, 1.807) is 38.1 Å². The second kappa shape index (κ2) is 8.02. The molecule has 0 N–H and O–H groups in total. The van der Waals surface area contributed by atoms with Gasteiger partial charge in [0.05, 0.1) is 23.7 Å². The van der Waals surface area contributed by atoms with Crippen LogP contribution in [0.1, 0.15) is 25.3 Å². The normalized spacial score (nSPS) is 19.3. The van der Waals surface area contributed by atoms with Crippen LogP contribution >= 0.6 is 11.6 Å². The number of esters is 2. The first-order valence-electron chi connectivity index (χ1n) is 7.70. The lowest BCUT2D eigenvalue weighted by Crippen LogP contribution is -2.32. The van der Waals surface area contributed by atoms with Crippen molar-refractivity contribution in [1.29, 1.82) is 0 Å². The predicted molar refractivity (Wildman–Crippen MR) is 90.1 cm³/mol. The summed E-state index contributed by atoms with van der Waals surface area (Å²) in [5.41, 5.74) is 0.225. The van der Waals surface area contributed by atoms with Crippen LogP contribution in [0.5, 0.6) is 0 Å². The molecule has 1 aromatic carbocycles. The molecule has 0 unspecified atom stereocenters. The van der Waals surface area contributed by atoms with Gasteiger partial charge in [0.2, 0.25) is 0 Å². The average Bonchev–Trinajstić information content (AvgIpc) is 2.92. The first-order valence-corrected chi connectivity index (χ1v) is 8.07. The Morgan fingerprint density at radius 1 is 1.24 bits per heavy atom. The summed E-state index contributed by atoms with van der Waals surface area (Å²) in [5.74, 6) is -2.40. The molecule has 0 aliphatic carbocycles. The minimum Gasteiger partial charge on any atom is -0.463 e. The zero-order valence-corrected chi connectivity index (χ0v) is 14.6. The number of hydrogen-bond donors (Lipinski definition) is 0. The topological polar surface area (TPSA) is 87.9 Å². The number of carbonyl (C=O) groups excluding carboxylic acids is 2. The molecule has 1 aliphatic heterocycles. The summed E-state index contributed by atoms with van der Waals surface area (Å²) >= 11 is 5.89. The van der Waals surface area contributed by atoms with E-state index in [4.69, 9.17) is 25.9 Å². The van der Waals surface area contributed by atoms with Gasteiger partial charge in [0.1, 0.15) is 12.0 Å². The molecule has 0 fully saturated rings. The molecule has 0 saturated carbocycles. The first kappa shape index (κ1) is 18.8. The Balaban J connectivity index is 2.44. The second-order valence-corrected chi connectivity index (χ2v) is 5.60. The largest absolute Gasteiger partial charge is 0.463 e. The third kappa shape index (κ3) is 3.93. The maximum atomic E-state index is 12.2. The third-order valence-electron chi connectivity index (χ3n) is 3.60. The minimum atomic E-state index is -1.09. The van der Waals surface area contributed by atoms with Crippen LogP contribution in [-0.4, -0.2) is 41.9 Å². The van der Waals surface area contributed by atoms with E-state index in [1.807, 2.05) is 0 Å². The molecule has 1 heterocycles. The van der Waals surface area contributed by atoms with Gasteiger partial charge in [0.15, 0.2) is 0 Å². The van der Waals surface area contributed by atoms with Crippen LogP contribution in [0.2, 0.25) is 5.02 Å². The molecule has 25 heavy (non-hydrogen) atoms. The van der Waals surface area contributed by atoms with Crippen molar-refractivity contribution in [2.45, 2.75) is 25.9 Å². The number of nitrogens with zero attached hydrogens (tertiary/aromatic N) is 1. The van der Waals surface area contributed by atoms with Gasteiger partial charge < -0.3 is 14.3 Å². The zero-order chi connectivity index (χ0) is 18.6. The Hall–Kier alpha value is -2.54. The first-order chi connectivity index (χ1) is 11.9. The van der Waals surface area contributed by atoms with E-state index >= 15 is 0 Å². The van der Waals surface area contributed by atoms with Gasteiger partial charge in [0.25, 0.3) is 0 Å². The van der Waals surface area contributed by atoms with Crippen molar-refractivity contribution >= 4 is 29.3 Å². The van der Waals surface area contributed by atoms with Crippen LogP contribution in [0.4, 0.5) is 0 Å². The highest BCUT2D eigenvalue weighted by atomic mass is 35.5. The molecule has 1 aromatic rings. The molecule has 1 aliphatic rings. The standard InChI is InChI=1S/C17H18ClNO6/c1-4-23-16(20)10(3)15-13(11-6-8-12(18)9-7-11)14(19(22)25-15)17(21)24-5-2/h6-9,13,15H,3-5H2,1-2H3/t13-,15+/m0/s1. The monoisotopic (exact) mass is 367 g/mol. The number of ether oxygens (including phenoxy) is 2. The van der Waals surface area contributed by atoms with Gasteiger partial charge in [-0.2, -0.15) is 0 Å². The van der Waals surface area contributed by atoms with Crippen molar-refractivity contribution in [2.24, 2.45) is 0 Å². The number of rotatable bonds is 6. The molecule has 0 saturated heterocycles. The van der Waals surface area contributed by atoms with Gasteiger partial charge >= 0.3 is 17.7 Å². The summed E-state index contributed by atoms with van der Waals surface area (Å²) < 4.78 is 9.85. The Morgan fingerprint density at radius 3 is 2.40 bits per heavy atom. The van der Waals surface area contributed by atoms with Crippen molar-refractivity contribution < 1.29 is 28.8 Å². The lowest BCUT2D eigenvalue weighted by atomic mass is 9.86. The Labute approximate surface area is 150 Å². The maximum Gasteiger partial charge on any atom is 0.405 e. The van der Waals surface area contributed by atoms with Crippen LogP contribution in [0.25, 0.3) is 0 Å². The molecule has 0 aromatic heterocycles. The molecule has 0 spiro atoms. The van der Waals surface area contributed by atoms with Gasteiger partial charge in [0, 0.05) is 5.02 Å². The summed E-state index contributed by atoms with van der Waals surface area (Å²) in [7, 11) is 0. The van der Waals surface area contributed by atoms with Gasteiger partial charge in [-0.1, -0.05) is 30.3 Å². The molecule has 2 atom stereocenters. The highest BCUT2D eigenvalue weighted by molar-refractivity contribution is 6.37. The Morgan fingerprint density at radius 2 is 1.84 bits per heavy atom. The summed E-state index contributed by atoms with van der Waals surface area (Å²) in [5, 5.41) is 12.7. The van der Waals surface area contributed by atoms with Gasteiger partial charge in [-0.15, -0.1) is 0 Å². The molecule has 134 valence electrons. The number of carbonyl (C=O) groups is 2. The van der Waals surface area contributed by atoms with Crippen LogP contribution in [0.15, 0.2) is 36.4 Å². The van der Waals surface area contributed by atoms with E-state index in [0.29, 0.717) is 10.6 Å². The fourth-order valence-corrected chi connectivity index (χ4v) is 2.62. The van der Waals surface area contributed by atoms with E-state index in [9.17, 15) is 14.8 Å². The van der Waals surface area contributed by atoms with Gasteiger partial charge in [-0.05, 0) is 31.5 Å². The smallest absolute Gasteiger partial charge is 0.405 e. The fraction of sp³-hybridized carbons (Fsp3) is 0.353. The van der Waals surface area contributed by atoms with E-state index < -0.39 is 24.0 Å². The number of hydrogen-bond acceptors (Lipinski definition) is 6.